The van der Waals surface area contributed by atoms with Crippen molar-refractivity contribution in [3.05, 3.63) is 62.0 Å². The van der Waals surface area contributed by atoms with Crippen LogP contribution < -0.4 is 10.5 Å². The first-order chi connectivity index (χ1) is 11.3. The van der Waals surface area contributed by atoms with Gasteiger partial charge in [0.25, 0.3) is 0 Å². The molecule has 128 valence electrons. The number of carboxylic acid groups (broad SMARTS) is 1. The van der Waals surface area contributed by atoms with E-state index in [1.807, 2.05) is 0 Å². The normalized spacial score (nSPS) is 12.0. The fourth-order valence-corrected chi connectivity index (χ4v) is 3.57. The van der Waals surface area contributed by atoms with Gasteiger partial charge in [0, 0.05) is 6.07 Å². The third-order valence-electron chi connectivity index (χ3n) is 3.14. The fraction of sp³-hybridized carbons (Fsp3) is 0.188. The summed E-state index contributed by atoms with van der Waals surface area (Å²) in [5, 5.41) is 8.86. The van der Waals surface area contributed by atoms with Crippen molar-refractivity contribution in [3.63, 3.8) is 0 Å². The third kappa shape index (κ3) is 4.99. The summed E-state index contributed by atoms with van der Waals surface area (Å²) in [6.45, 7) is -0.0279. The number of carboxylic acids is 1. The predicted molar refractivity (Wildman–Crippen MR) is 91.8 cm³/mol. The number of aliphatic carboxylic acids is 1. The van der Waals surface area contributed by atoms with Crippen molar-refractivity contribution in [1.29, 1.82) is 0 Å². The number of hydrogen-bond acceptors (Lipinski definition) is 3. The van der Waals surface area contributed by atoms with Crippen molar-refractivity contribution in [3.8, 4) is 5.75 Å². The van der Waals surface area contributed by atoms with Crippen LogP contribution in [-0.4, -0.2) is 17.1 Å². The van der Waals surface area contributed by atoms with E-state index in [1.165, 1.54) is 12.1 Å². The van der Waals surface area contributed by atoms with Crippen LogP contribution in [0.3, 0.4) is 0 Å². The third-order valence-corrected chi connectivity index (χ3v) is 4.31. The molecule has 0 aromatic heterocycles. The molecule has 0 aliphatic rings. The molecule has 1 atom stereocenters. The maximum atomic E-state index is 13.2. The summed E-state index contributed by atoms with van der Waals surface area (Å²) in [6, 6.07) is 5.53. The van der Waals surface area contributed by atoms with Crippen LogP contribution in [-0.2, 0) is 17.8 Å². The lowest BCUT2D eigenvalue weighted by atomic mass is 10.1. The zero-order chi connectivity index (χ0) is 17.9. The van der Waals surface area contributed by atoms with Gasteiger partial charge < -0.3 is 15.6 Å². The van der Waals surface area contributed by atoms with E-state index in [4.69, 9.17) is 15.6 Å². The molecule has 0 bridgehead atoms. The minimum absolute atomic E-state index is 0.0279. The van der Waals surface area contributed by atoms with E-state index in [-0.39, 0.29) is 13.0 Å². The molecule has 24 heavy (non-hydrogen) atoms. The van der Waals surface area contributed by atoms with Gasteiger partial charge >= 0.3 is 5.97 Å². The van der Waals surface area contributed by atoms with Gasteiger partial charge in [0.2, 0.25) is 0 Å². The molecule has 0 fully saturated rings. The molecule has 8 heteroatoms. The smallest absolute Gasteiger partial charge is 0.320 e. The summed E-state index contributed by atoms with van der Waals surface area (Å²) in [4.78, 5) is 10.8. The Morgan fingerprint density at radius 1 is 1.08 bits per heavy atom. The Bertz CT molecular complexity index is 728. The first kappa shape index (κ1) is 18.8. The van der Waals surface area contributed by atoms with Crippen LogP contribution in [0.15, 0.2) is 39.3 Å². The quantitative estimate of drug-likeness (QED) is 0.677. The number of ether oxygens (including phenoxy) is 1. The lowest BCUT2D eigenvalue weighted by molar-refractivity contribution is -0.138. The van der Waals surface area contributed by atoms with Crippen molar-refractivity contribution >= 4 is 37.8 Å². The highest BCUT2D eigenvalue weighted by Gasteiger charge is 2.15. The molecule has 0 radical (unpaired) electrons. The van der Waals surface area contributed by atoms with Gasteiger partial charge in [-0.3, -0.25) is 4.79 Å². The largest absolute Gasteiger partial charge is 0.487 e. The average Bonchev–Trinajstić information content (AvgIpc) is 2.45. The van der Waals surface area contributed by atoms with Gasteiger partial charge in [-0.15, -0.1) is 0 Å². The lowest BCUT2D eigenvalue weighted by Crippen LogP contribution is -2.32. The minimum atomic E-state index is -1.09. The van der Waals surface area contributed by atoms with Crippen molar-refractivity contribution in [2.45, 2.75) is 19.1 Å². The van der Waals surface area contributed by atoms with Crippen LogP contribution in [0.25, 0.3) is 0 Å². The fourth-order valence-electron chi connectivity index (χ4n) is 2.06. The molecule has 0 amide bonds. The summed E-state index contributed by atoms with van der Waals surface area (Å²) < 4.78 is 33.1. The average molecular weight is 465 g/mol. The second-order valence-corrected chi connectivity index (χ2v) is 6.81. The van der Waals surface area contributed by atoms with Gasteiger partial charge in [0.1, 0.15) is 30.0 Å². The summed E-state index contributed by atoms with van der Waals surface area (Å²) in [5.74, 6) is -2.00. The van der Waals surface area contributed by atoms with Gasteiger partial charge in [-0.25, -0.2) is 8.78 Å². The first-order valence-electron chi connectivity index (χ1n) is 6.80. The Kier molecular flexibility index (Phi) is 6.31. The molecular weight excluding hydrogens is 452 g/mol. The molecule has 0 heterocycles. The molecule has 0 aliphatic heterocycles. The lowest BCUT2D eigenvalue weighted by Gasteiger charge is -2.13. The SMILES string of the molecule is NC(Cc1cc(Br)c(OCc2cc(F)cc(F)c2)c(Br)c1)C(=O)O. The number of halogens is 4. The van der Waals surface area contributed by atoms with E-state index >= 15 is 0 Å². The Balaban J connectivity index is 2.14. The Labute approximate surface area is 153 Å². The van der Waals surface area contributed by atoms with E-state index in [1.54, 1.807) is 12.1 Å². The van der Waals surface area contributed by atoms with Crippen molar-refractivity contribution in [1.82, 2.24) is 0 Å². The first-order valence-corrected chi connectivity index (χ1v) is 8.39. The highest BCUT2D eigenvalue weighted by atomic mass is 79.9. The van der Waals surface area contributed by atoms with Crippen LogP contribution in [0.2, 0.25) is 0 Å². The Hall–Kier alpha value is -1.51. The highest BCUT2D eigenvalue weighted by Crippen LogP contribution is 2.35. The molecule has 2 aromatic rings. The Morgan fingerprint density at radius 3 is 2.12 bits per heavy atom. The van der Waals surface area contributed by atoms with Crippen LogP contribution in [0.4, 0.5) is 8.78 Å². The van der Waals surface area contributed by atoms with Gasteiger partial charge in [0.15, 0.2) is 0 Å². The van der Waals surface area contributed by atoms with E-state index < -0.39 is 23.6 Å². The molecule has 4 nitrogen and oxygen atoms in total. The zero-order valence-electron chi connectivity index (χ0n) is 12.2. The molecule has 0 spiro atoms. The van der Waals surface area contributed by atoms with Gasteiger partial charge in [-0.2, -0.15) is 0 Å². The maximum Gasteiger partial charge on any atom is 0.320 e. The summed E-state index contributed by atoms with van der Waals surface area (Å²) in [6.07, 6.45) is 0.155. The molecular formula is C16H13Br2F2NO3. The molecule has 2 rings (SSSR count). The van der Waals surface area contributed by atoms with Crippen molar-refractivity contribution in [2.24, 2.45) is 5.73 Å². The van der Waals surface area contributed by atoms with Crippen molar-refractivity contribution < 1.29 is 23.4 Å². The standard InChI is InChI=1S/C16H13Br2F2NO3/c17-12-3-8(5-14(21)16(22)23)4-13(18)15(12)24-7-9-1-10(19)6-11(20)2-9/h1-4,6,14H,5,7,21H2,(H,22,23). The zero-order valence-corrected chi connectivity index (χ0v) is 15.4. The maximum absolute atomic E-state index is 13.2. The van der Waals surface area contributed by atoms with Crippen LogP contribution in [0.5, 0.6) is 5.75 Å². The number of hydrogen-bond donors (Lipinski definition) is 2. The number of rotatable bonds is 6. The predicted octanol–water partition coefficient (Wildman–Crippen LogP) is 4.02. The Morgan fingerprint density at radius 2 is 1.62 bits per heavy atom. The van der Waals surface area contributed by atoms with E-state index in [2.05, 4.69) is 31.9 Å². The molecule has 0 saturated heterocycles. The number of carbonyl (C=O) groups is 1. The minimum Gasteiger partial charge on any atom is -0.487 e. The molecule has 3 N–H and O–H groups in total. The summed E-state index contributed by atoms with van der Waals surface area (Å²) in [5.41, 5.74) is 6.57. The monoisotopic (exact) mass is 463 g/mol. The molecule has 2 aromatic carbocycles. The van der Waals surface area contributed by atoms with Gasteiger partial charge in [-0.05, 0) is 73.7 Å². The molecule has 1 unspecified atom stereocenters. The van der Waals surface area contributed by atoms with Crippen molar-refractivity contribution in [2.75, 3.05) is 0 Å². The van der Waals surface area contributed by atoms with Crippen LogP contribution >= 0.6 is 31.9 Å². The van der Waals surface area contributed by atoms with E-state index in [9.17, 15) is 13.6 Å². The van der Waals surface area contributed by atoms with Crippen LogP contribution in [0, 0.1) is 11.6 Å². The highest BCUT2D eigenvalue weighted by molar-refractivity contribution is 9.11. The van der Waals surface area contributed by atoms with Gasteiger partial charge in [0.05, 0.1) is 8.95 Å². The van der Waals surface area contributed by atoms with E-state index in [0.717, 1.165) is 6.07 Å². The molecule has 0 aliphatic carbocycles. The second-order valence-electron chi connectivity index (χ2n) is 5.10. The second kappa shape index (κ2) is 8.04. The number of nitrogens with two attached hydrogens (primary N) is 1. The topological polar surface area (TPSA) is 72.5 Å². The van der Waals surface area contributed by atoms with Crippen LogP contribution in [0.1, 0.15) is 11.1 Å². The van der Waals surface area contributed by atoms with E-state index in [0.29, 0.717) is 25.8 Å². The molecule has 0 saturated carbocycles. The van der Waals surface area contributed by atoms with Gasteiger partial charge in [-0.1, -0.05) is 0 Å². The summed E-state index contributed by atoms with van der Waals surface area (Å²) >= 11 is 6.67. The summed E-state index contributed by atoms with van der Waals surface area (Å²) in [7, 11) is 0. The number of benzene rings is 2.